The molecule has 0 radical (unpaired) electrons. The molecule has 2 N–H and O–H groups in total. The van der Waals surface area contributed by atoms with Gasteiger partial charge < -0.3 is 27.9 Å². The summed E-state index contributed by atoms with van der Waals surface area (Å²) in [6.07, 6.45) is 18.5. The maximum absolute atomic E-state index is 12.3. The monoisotopic (exact) mass is 1750 g/mol. The molecule has 130 heavy (non-hydrogen) atoms. The summed E-state index contributed by atoms with van der Waals surface area (Å²) in [7, 11) is -8.58. The minimum absolute atomic E-state index is 0.255. The van der Waals surface area contributed by atoms with Gasteiger partial charge in [-0.25, -0.2) is 59.9 Å². The number of aliphatic hydroxyl groups is 2. The van der Waals surface area contributed by atoms with Gasteiger partial charge in [-0.3, -0.25) is 16.9 Å². The first kappa shape index (κ1) is 76.4. The molecule has 14 fully saturated rings. The normalized spacial score (nSPS) is 32.4. The number of hydrogen-bond acceptors (Lipinski definition) is 18. The highest BCUT2D eigenvalue weighted by molar-refractivity contribution is 6.67. The molecule has 8 aliphatic heterocycles. The summed E-state index contributed by atoms with van der Waals surface area (Å²) in [5.74, 6) is 12.8. The van der Waals surface area contributed by atoms with Crippen LogP contribution in [0.5, 0.6) is 0 Å². The SMILES string of the molecule is CC1(C)C2CCC(CO[Si]3(OCC4CCC5CC4C5(C)C)n4c5c6ccccc6c4N=C4N=C(N=c6c7ccccc7c(n63)=NC3=NC(=N5)c5ccccc53)c3ccccc34)C1C2.OC12CC3CC(C1)CC(CO[Si]1(OCC45CC6CC(CC(O)(C6)C4)C5)n4c5c6ccccc6c4N=C4N=C(N=c6c7ccccc7c(n61)=NC1=NC(=N5)c5ccccc51)c1ccccc14)(C3)C2. The standard InChI is InChI=1S/C54H50N8O4Si.C52H50N8O2Si/c63-53-23-31-17-32(24-53)20-51(19-31,27-53)29-65-67(66-30-52-21-33-18-34(22-52)26-54(64,25-33)28-52)61-47-39-13-5-6-14-40(39)49(61)59-45-37-11-3-4-12-38(37)46(56-45)60-50-42-16-8-7-15-41(42)48(62(50)67)58-44-36-10-2-1-9-35(36)43(55-44)57-47;1-51(2)31-23-21-29(41(51)25-31)27-61-63(62-28-30-22-24-32-26-42(30)52(32,3)4)59-47-37-17-9-10-18-38(37)49(59)57-45-35-15-7-8-16-36(35)46(54-45)58-50-40-20-12-11-19-39(40)48(60(50)63)56-44-34-14-6-5-13-33(34)43(53-44)55-47/h1-16,31-34,63-64H,17-30H2;5-20,29-32,41-42H,21-28H2,1-4H3. The fourth-order valence-electron chi connectivity index (χ4n) is 29.9. The zero-order valence-corrected chi connectivity index (χ0v) is 75.5. The van der Waals surface area contributed by atoms with Crippen molar-refractivity contribution in [2.75, 3.05) is 26.4 Å². The Balaban J connectivity index is 0.000000128. The number of aromatic nitrogens is 4. The van der Waals surface area contributed by atoms with Crippen LogP contribution < -0.4 is 22.0 Å². The van der Waals surface area contributed by atoms with Crippen LogP contribution in [0.25, 0.3) is 43.1 Å². The van der Waals surface area contributed by atoms with Crippen molar-refractivity contribution in [3.8, 4) is 0 Å². The Morgan fingerprint density at radius 2 is 0.546 bits per heavy atom. The van der Waals surface area contributed by atoms with Gasteiger partial charge >= 0.3 is 17.8 Å². The highest BCUT2D eigenvalue weighted by Gasteiger charge is 2.65. The quantitative estimate of drug-likeness (QED) is 0.113. The first-order valence-electron chi connectivity index (χ1n) is 47.8. The number of amidine groups is 8. The van der Waals surface area contributed by atoms with E-state index in [4.69, 9.17) is 77.6 Å². The number of benzene rings is 8. The molecule has 14 saturated carbocycles. The maximum atomic E-state index is 12.3. The van der Waals surface area contributed by atoms with E-state index < -0.39 is 29.0 Å². The highest BCUT2D eigenvalue weighted by atomic mass is 28.4. The Morgan fingerprint density at radius 3 is 0.808 bits per heavy atom. The average molecular weight is 1750 g/mol. The van der Waals surface area contributed by atoms with E-state index in [-0.39, 0.29) is 21.7 Å². The molecule has 0 spiro atoms. The number of aliphatic imine (C=N–C) groups is 8. The fraction of sp³-hybridized carbons (Fsp3) is 0.396. The molecule has 14 aliphatic carbocycles. The molecule has 12 heterocycles. The Bertz CT molecular complexity index is 7220. The predicted molar refractivity (Wildman–Crippen MR) is 506 cm³/mol. The molecule has 0 amide bonds. The summed E-state index contributed by atoms with van der Waals surface area (Å²) in [5, 5.41) is 31.9. The van der Waals surface area contributed by atoms with Crippen LogP contribution in [0.3, 0.4) is 0 Å². The Labute approximate surface area is 753 Å². The van der Waals surface area contributed by atoms with Gasteiger partial charge in [-0.15, -0.1) is 0 Å². The summed E-state index contributed by atoms with van der Waals surface area (Å²) in [6, 6.07) is 67.0. The summed E-state index contributed by atoms with van der Waals surface area (Å²) in [4.78, 5) is 66.5. The second-order valence-electron chi connectivity index (χ2n) is 43.3. The van der Waals surface area contributed by atoms with Crippen molar-refractivity contribution in [2.24, 2.45) is 141 Å². The van der Waals surface area contributed by atoms with Crippen molar-refractivity contribution >= 4 is 131 Å². The van der Waals surface area contributed by atoms with Gasteiger partial charge in [-0.2, -0.15) is 0 Å². The van der Waals surface area contributed by atoms with E-state index in [0.29, 0.717) is 156 Å². The van der Waals surface area contributed by atoms with Gasteiger partial charge in [-0.1, -0.05) is 222 Å². The Kier molecular flexibility index (Phi) is 15.7. The minimum Gasteiger partial charge on any atom is -0.390 e. The lowest BCUT2D eigenvalue weighted by atomic mass is 9.46. The summed E-state index contributed by atoms with van der Waals surface area (Å²) in [6.45, 7) is 11.8. The van der Waals surface area contributed by atoms with Crippen LogP contribution in [0, 0.1) is 80.8 Å². The molecule has 34 rings (SSSR count). The van der Waals surface area contributed by atoms with E-state index in [2.05, 4.69) is 214 Å². The fourth-order valence-corrected chi connectivity index (χ4v) is 36.8. The number of fused-ring (bicyclic) bond motifs is 32. The molecule has 22 aliphatic rings. The van der Waals surface area contributed by atoms with Gasteiger partial charge in [0.2, 0.25) is 0 Å². The van der Waals surface area contributed by atoms with Crippen molar-refractivity contribution in [3.05, 3.63) is 261 Å². The van der Waals surface area contributed by atoms with Gasteiger partial charge in [-0.05, 0) is 196 Å². The molecular formula is C106H100N16O6Si2. The molecule has 24 bridgehead atoms. The van der Waals surface area contributed by atoms with Crippen LogP contribution in [0.4, 0.5) is 23.3 Å². The molecule has 10 unspecified atom stereocenters. The Morgan fingerprint density at radius 1 is 0.292 bits per heavy atom. The van der Waals surface area contributed by atoms with Gasteiger partial charge in [0, 0.05) is 114 Å². The first-order chi connectivity index (χ1) is 63.3. The first-order valence-corrected chi connectivity index (χ1v) is 51.3. The van der Waals surface area contributed by atoms with Gasteiger partial charge in [0.05, 0.1) is 11.2 Å². The number of nitrogens with zero attached hydrogens (tertiary/aromatic N) is 16. The average Bonchev–Trinajstić information content (AvgIpc) is 1.53. The largest absolute Gasteiger partial charge is 0.603 e. The molecule has 22 nitrogen and oxygen atoms in total. The lowest BCUT2D eigenvalue weighted by molar-refractivity contribution is -0.180. The molecular weight excluding hydrogens is 1650 g/mol. The van der Waals surface area contributed by atoms with Crippen molar-refractivity contribution in [1.82, 2.24) is 16.9 Å². The summed E-state index contributed by atoms with van der Waals surface area (Å²) < 4.78 is 41.8. The molecule has 24 heteroatoms. The number of hydrogen-bond donors (Lipinski definition) is 2. The third-order valence-corrected chi connectivity index (χ3v) is 41.1. The zero-order valence-electron chi connectivity index (χ0n) is 73.5. The van der Waals surface area contributed by atoms with E-state index in [1.54, 1.807) is 0 Å². The molecule has 4 aromatic heterocycles. The van der Waals surface area contributed by atoms with Crippen LogP contribution in [0.2, 0.25) is 0 Å². The second-order valence-corrected chi connectivity index (χ2v) is 48.4. The lowest BCUT2D eigenvalue weighted by Gasteiger charge is -2.61. The van der Waals surface area contributed by atoms with Crippen LogP contribution in [0.1, 0.15) is 188 Å². The van der Waals surface area contributed by atoms with Crippen molar-refractivity contribution in [1.29, 1.82) is 0 Å². The van der Waals surface area contributed by atoms with E-state index in [0.717, 1.165) is 186 Å². The summed E-state index contributed by atoms with van der Waals surface area (Å²) in [5.41, 5.74) is 8.79. The van der Waals surface area contributed by atoms with E-state index >= 15 is 0 Å². The molecule has 10 atom stereocenters. The van der Waals surface area contributed by atoms with Crippen molar-refractivity contribution in [2.45, 2.75) is 154 Å². The van der Waals surface area contributed by atoms with Crippen LogP contribution in [-0.2, 0) is 17.7 Å². The number of rotatable bonds is 12. The highest BCUT2D eigenvalue weighted by Crippen LogP contribution is 2.66. The molecule has 8 aromatic carbocycles. The van der Waals surface area contributed by atoms with Gasteiger partial charge in [0.1, 0.15) is 45.2 Å². The van der Waals surface area contributed by atoms with Crippen LogP contribution in [0.15, 0.2) is 254 Å². The third kappa shape index (κ3) is 10.8. The maximum Gasteiger partial charge on any atom is 0.603 e. The summed E-state index contributed by atoms with van der Waals surface area (Å²) >= 11 is 0. The molecule has 648 valence electrons. The van der Waals surface area contributed by atoms with E-state index in [1.807, 2.05) is 24.3 Å². The third-order valence-electron chi connectivity index (χ3n) is 35.0. The van der Waals surface area contributed by atoms with Gasteiger partial charge in [0.15, 0.2) is 46.7 Å². The molecule has 12 aromatic rings. The zero-order chi connectivity index (χ0) is 86.1. The van der Waals surface area contributed by atoms with Gasteiger partial charge in [0.25, 0.3) is 0 Å². The lowest BCUT2D eigenvalue weighted by Crippen LogP contribution is -2.67. The smallest absolute Gasteiger partial charge is 0.390 e. The predicted octanol–water partition coefficient (Wildman–Crippen LogP) is 17.6. The second kappa shape index (κ2) is 26.8. The van der Waals surface area contributed by atoms with Crippen molar-refractivity contribution in [3.63, 3.8) is 0 Å². The topological polar surface area (TPSA) is 245 Å². The van der Waals surface area contributed by atoms with Crippen LogP contribution in [-0.4, -0.2) is 129 Å². The minimum atomic E-state index is -4.41. The van der Waals surface area contributed by atoms with Crippen LogP contribution >= 0.6 is 0 Å². The Hall–Kier alpha value is -11.3. The van der Waals surface area contributed by atoms with Crippen molar-refractivity contribution < 1.29 is 27.9 Å². The molecule has 0 saturated heterocycles. The van der Waals surface area contributed by atoms with E-state index in [9.17, 15) is 10.2 Å². The van der Waals surface area contributed by atoms with E-state index in [1.165, 1.54) is 38.5 Å².